The molecule has 107 heavy (non-hydrogen) atoms. The molecule has 0 atom stereocenters. The summed E-state index contributed by atoms with van der Waals surface area (Å²) in [4.78, 5) is 0. The van der Waals surface area contributed by atoms with Crippen LogP contribution in [0.1, 0.15) is 75.3 Å². The second-order valence-electron chi connectivity index (χ2n) is 31.8. The van der Waals surface area contributed by atoms with Crippen molar-refractivity contribution < 1.29 is 0 Å². The molecular formula is C105H74N2. The second-order valence-corrected chi connectivity index (χ2v) is 31.8. The molecule has 0 unspecified atom stereocenters. The predicted molar refractivity (Wildman–Crippen MR) is 457 cm³/mol. The molecule has 2 aromatic heterocycles. The van der Waals surface area contributed by atoms with Gasteiger partial charge in [0.15, 0.2) is 0 Å². The molecule has 0 saturated carbocycles. The van der Waals surface area contributed by atoms with Crippen LogP contribution in [-0.2, 0) is 10.8 Å². The van der Waals surface area contributed by atoms with Gasteiger partial charge in [0, 0.05) is 43.7 Å². The molecule has 0 saturated heterocycles. The lowest BCUT2D eigenvalue weighted by Crippen LogP contribution is -2.16. The van der Waals surface area contributed by atoms with Crippen molar-refractivity contribution in [3.8, 4) is 89.3 Å². The van der Waals surface area contributed by atoms with Crippen LogP contribution in [0.3, 0.4) is 0 Å². The van der Waals surface area contributed by atoms with E-state index >= 15 is 0 Å². The molecule has 0 fully saturated rings. The van der Waals surface area contributed by atoms with Crippen LogP contribution >= 0.6 is 0 Å². The number of benzene rings is 18. The Morgan fingerprint density at radius 2 is 0.561 bits per heavy atom. The summed E-state index contributed by atoms with van der Waals surface area (Å²) in [6, 6.07) is 127. The van der Waals surface area contributed by atoms with Crippen LogP contribution in [-0.4, -0.2) is 9.13 Å². The monoisotopic (exact) mass is 1360 g/mol. The van der Waals surface area contributed by atoms with Crippen molar-refractivity contribution in [3.63, 3.8) is 0 Å². The maximum absolute atomic E-state index is 2.49. The minimum Gasteiger partial charge on any atom is -0.309 e. The zero-order chi connectivity index (χ0) is 71.3. The lowest BCUT2D eigenvalue weighted by Gasteiger charge is -2.25. The van der Waals surface area contributed by atoms with Crippen LogP contribution in [0.2, 0.25) is 0 Å². The normalized spacial score (nSPS) is 13.6. The van der Waals surface area contributed by atoms with Gasteiger partial charge in [0.1, 0.15) is 0 Å². The summed E-state index contributed by atoms with van der Waals surface area (Å²) in [7, 11) is 0. The zero-order valence-corrected chi connectivity index (χ0v) is 60.7. The fourth-order valence-corrected chi connectivity index (χ4v) is 19.4. The van der Waals surface area contributed by atoms with Crippen LogP contribution in [0.4, 0.5) is 0 Å². The van der Waals surface area contributed by atoms with Crippen molar-refractivity contribution in [1.29, 1.82) is 0 Å². The molecule has 2 aliphatic rings. The fourth-order valence-electron chi connectivity index (χ4n) is 19.4. The summed E-state index contributed by atoms with van der Waals surface area (Å²) >= 11 is 0. The largest absolute Gasteiger partial charge is 0.309 e. The fraction of sp³-hybridized carbons (Fsp3) is 0.0857. The van der Waals surface area contributed by atoms with Crippen LogP contribution < -0.4 is 0 Å². The molecule has 2 nitrogen and oxygen atoms in total. The van der Waals surface area contributed by atoms with Crippen molar-refractivity contribution in [3.05, 3.63) is 361 Å². The quantitative estimate of drug-likeness (QED) is 0.143. The standard InChI is InChI=1S/C105H74N2/c1-62(2)77-53-79(55-80(54-77)73-41-43-86-76(49-73)42-46-92-91-44-39-64-17-7-8-18-85(64)101(91)105(5,6)102(86)92)72-37-35-66-47-67(33-34-68(66)48-72)69-30-27-63-28-31-70(51-78(63)50-69)71-36-38-75-60-96-95(59-81(75)52-71)93-45-40-65-29-32-74(58-94(65)103(93)104(96,3)4)82-56-83(106-97-23-13-9-19-87(97)88-20-10-14-24-98(88)106)61-84(57-82)107-99-25-15-11-21-89(99)90-22-12-16-26-100(90)107/h7-62H,1-6H3. The molecule has 0 N–H and O–H groups in total. The van der Waals surface area contributed by atoms with Gasteiger partial charge in [-0.15, -0.1) is 0 Å². The molecule has 0 spiro atoms. The van der Waals surface area contributed by atoms with Gasteiger partial charge < -0.3 is 9.13 Å². The summed E-state index contributed by atoms with van der Waals surface area (Å²) in [6.07, 6.45) is 0. The summed E-state index contributed by atoms with van der Waals surface area (Å²) in [5.74, 6) is 0.374. The van der Waals surface area contributed by atoms with E-state index in [-0.39, 0.29) is 10.8 Å². The highest BCUT2D eigenvalue weighted by atomic mass is 15.0. The van der Waals surface area contributed by atoms with Crippen molar-refractivity contribution in [2.24, 2.45) is 0 Å². The summed E-state index contributed by atoms with van der Waals surface area (Å²) in [6.45, 7) is 14.3. The Hall–Kier alpha value is -12.9. The van der Waals surface area contributed by atoms with Gasteiger partial charge in [-0.05, 0) is 279 Å². The van der Waals surface area contributed by atoms with Gasteiger partial charge in [-0.2, -0.15) is 0 Å². The van der Waals surface area contributed by atoms with Crippen molar-refractivity contribution in [2.45, 2.75) is 58.3 Å². The van der Waals surface area contributed by atoms with Crippen LogP contribution in [0.15, 0.2) is 334 Å². The highest BCUT2D eigenvalue weighted by Gasteiger charge is 2.40. The van der Waals surface area contributed by atoms with Gasteiger partial charge in [0.2, 0.25) is 0 Å². The molecule has 18 aromatic carbocycles. The second kappa shape index (κ2) is 22.8. The molecule has 2 heterocycles. The average molecular weight is 1360 g/mol. The van der Waals surface area contributed by atoms with Gasteiger partial charge in [-0.25, -0.2) is 0 Å². The Morgan fingerprint density at radius 1 is 0.215 bits per heavy atom. The lowest BCUT2D eigenvalue weighted by molar-refractivity contribution is 0.667. The molecule has 0 amide bonds. The van der Waals surface area contributed by atoms with Gasteiger partial charge in [-0.3, -0.25) is 0 Å². The van der Waals surface area contributed by atoms with E-state index in [4.69, 9.17) is 0 Å². The molecule has 2 aliphatic carbocycles. The van der Waals surface area contributed by atoms with Gasteiger partial charge >= 0.3 is 0 Å². The number of fused-ring (bicyclic) bond motifs is 21. The first-order chi connectivity index (χ1) is 52.3. The Bertz CT molecular complexity index is 7040. The SMILES string of the molecule is CC(C)c1cc(-c2ccc3cc(-c4ccc5ccc(-c6ccc7cc8c(cc7c6)-c6ccc7ccc(-c9cc(-n%10c%11ccccc%11c%11ccccc%11%10)cc(-n%10c%11ccccc%11c%11ccccc%11%10)c9)cc7c6C8(C)C)cc5c4)ccc3c2)cc(-c2ccc3c4c(ccc3c2)-c2ccc3ccccc3c2C4(C)C)c1. The van der Waals surface area contributed by atoms with E-state index < -0.39 is 0 Å². The molecule has 20 aromatic rings. The molecule has 0 radical (unpaired) electrons. The van der Waals surface area contributed by atoms with E-state index in [0.717, 1.165) is 11.4 Å². The Morgan fingerprint density at radius 3 is 1.07 bits per heavy atom. The number of hydrogen-bond donors (Lipinski definition) is 0. The summed E-state index contributed by atoms with van der Waals surface area (Å²) in [5, 5.41) is 20.3. The topological polar surface area (TPSA) is 9.86 Å². The molecule has 0 bridgehead atoms. The van der Waals surface area contributed by atoms with E-state index in [1.165, 1.54) is 214 Å². The first-order valence-electron chi connectivity index (χ1n) is 37.9. The lowest BCUT2D eigenvalue weighted by atomic mass is 9.78. The van der Waals surface area contributed by atoms with Gasteiger partial charge in [0.25, 0.3) is 0 Å². The minimum atomic E-state index is -0.255. The third kappa shape index (κ3) is 9.31. The van der Waals surface area contributed by atoms with E-state index in [9.17, 15) is 0 Å². The number of aromatic nitrogens is 2. The van der Waals surface area contributed by atoms with E-state index in [2.05, 4.69) is 384 Å². The number of nitrogens with zero attached hydrogens (tertiary/aromatic N) is 2. The van der Waals surface area contributed by atoms with Gasteiger partial charge in [-0.1, -0.05) is 272 Å². The average Bonchev–Trinajstić information content (AvgIpc) is 1.56. The van der Waals surface area contributed by atoms with Gasteiger partial charge in [0.05, 0.1) is 22.1 Å². The Kier molecular flexibility index (Phi) is 13.1. The molecular weight excluding hydrogens is 1290 g/mol. The third-order valence-corrected chi connectivity index (χ3v) is 24.6. The van der Waals surface area contributed by atoms with Crippen molar-refractivity contribution >= 4 is 108 Å². The molecule has 22 rings (SSSR count). The predicted octanol–water partition coefficient (Wildman–Crippen LogP) is 28.9. The minimum absolute atomic E-state index is 0.129. The summed E-state index contributed by atoms with van der Waals surface area (Å²) < 4.78 is 4.94. The molecule has 0 aliphatic heterocycles. The summed E-state index contributed by atoms with van der Waals surface area (Å²) in [5.41, 5.74) is 31.2. The number of rotatable bonds is 8. The van der Waals surface area contributed by atoms with Crippen molar-refractivity contribution in [1.82, 2.24) is 9.13 Å². The number of hydrogen-bond acceptors (Lipinski definition) is 0. The third-order valence-electron chi connectivity index (χ3n) is 24.6. The van der Waals surface area contributed by atoms with Crippen LogP contribution in [0.25, 0.3) is 198 Å². The highest BCUT2D eigenvalue weighted by molar-refractivity contribution is 6.12. The van der Waals surface area contributed by atoms with Crippen LogP contribution in [0, 0.1) is 0 Å². The van der Waals surface area contributed by atoms with E-state index in [1.807, 2.05) is 0 Å². The Labute approximate surface area is 622 Å². The van der Waals surface area contributed by atoms with E-state index in [1.54, 1.807) is 0 Å². The smallest absolute Gasteiger partial charge is 0.0541 e. The first-order valence-corrected chi connectivity index (χ1v) is 37.9. The molecule has 504 valence electrons. The van der Waals surface area contributed by atoms with Crippen molar-refractivity contribution in [2.75, 3.05) is 0 Å². The first kappa shape index (κ1) is 61.6. The maximum atomic E-state index is 2.49. The van der Waals surface area contributed by atoms with E-state index in [0.29, 0.717) is 5.92 Å². The highest BCUT2D eigenvalue weighted by Crippen LogP contribution is 2.56. The Balaban J connectivity index is 0.577. The molecule has 2 heteroatoms. The zero-order valence-electron chi connectivity index (χ0n) is 60.7. The number of para-hydroxylation sites is 4. The van der Waals surface area contributed by atoms with Crippen LogP contribution in [0.5, 0.6) is 0 Å². The maximum Gasteiger partial charge on any atom is 0.0541 e.